The molecule has 220 valence electrons. The van der Waals surface area contributed by atoms with Gasteiger partial charge in [-0.25, -0.2) is 0 Å². The smallest absolute Gasteiger partial charge is 0.242 e. The van der Waals surface area contributed by atoms with Crippen molar-refractivity contribution >= 4 is 23.6 Å². The highest BCUT2D eigenvalue weighted by Gasteiger charge is 2.41. The van der Waals surface area contributed by atoms with Gasteiger partial charge >= 0.3 is 0 Å². The molecular weight excluding hydrogens is 490 g/mol. The van der Waals surface area contributed by atoms with Crippen molar-refractivity contribution in [3.05, 3.63) is 0 Å². The Balaban J connectivity index is 3.03. The Morgan fingerprint density at radius 1 is 1.11 bits per heavy atom. The maximum Gasteiger partial charge on any atom is 0.242 e. The van der Waals surface area contributed by atoms with Crippen LogP contribution >= 0.6 is 0 Å². The number of nitrogens with two attached hydrogens (primary N) is 1. The number of rotatable bonds is 16. The third kappa shape index (κ3) is 8.64. The summed E-state index contributed by atoms with van der Waals surface area (Å²) in [5.41, 5.74) is 5.53. The normalized spacial score (nSPS) is 20.4. The lowest BCUT2D eigenvalue weighted by molar-refractivity contribution is -0.145. The van der Waals surface area contributed by atoms with Gasteiger partial charge in [-0.1, -0.05) is 41.0 Å². The average Bonchev–Trinajstić information content (AvgIpc) is 3.36. The van der Waals surface area contributed by atoms with Crippen LogP contribution in [0.15, 0.2) is 0 Å². The molecule has 0 aliphatic carbocycles. The van der Waals surface area contributed by atoms with Crippen LogP contribution in [0.1, 0.15) is 60.3 Å². The van der Waals surface area contributed by atoms with Crippen molar-refractivity contribution in [2.24, 2.45) is 23.5 Å². The Morgan fingerprint density at radius 3 is 2.21 bits per heavy atom. The molecule has 0 spiro atoms. The monoisotopic (exact) mass is 541 g/mol. The van der Waals surface area contributed by atoms with Crippen LogP contribution in [0.2, 0.25) is 0 Å². The average molecular weight is 542 g/mol. The summed E-state index contributed by atoms with van der Waals surface area (Å²) in [5.74, 6) is -1.51. The number of likely N-dealkylation sites (tertiary alicyclic amines) is 1. The van der Waals surface area contributed by atoms with Gasteiger partial charge in [-0.2, -0.15) is 0 Å². The zero-order valence-corrected chi connectivity index (χ0v) is 24.8. The van der Waals surface area contributed by atoms with E-state index in [2.05, 4.69) is 10.6 Å². The van der Waals surface area contributed by atoms with Crippen LogP contribution in [0.25, 0.3) is 0 Å². The zero-order chi connectivity index (χ0) is 29.2. The van der Waals surface area contributed by atoms with E-state index in [0.717, 1.165) is 19.3 Å². The van der Waals surface area contributed by atoms with Gasteiger partial charge in [-0.3, -0.25) is 19.2 Å². The van der Waals surface area contributed by atoms with Crippen molar-refractivity contribution in [1.82, 2.24) is 20.4 Å². The highest BCUT2D eigenvalue weighted by molar-refractivity contribution is 5.87. The quantitative estimate of drug-likeness (QED) is 0.262. The summed E-state index contributed by atoms with van der Waals surface area (Å²) in [6.07, 6.45) is 1.31. The number of primary amides is 1. The molecule has 1 fully saturated rings. The number of hydrogen-bond acceptors (Lipinski definition) is 7. The van der Waals surface area contributed by atoms with Crippen molar-refractivity contribution in [3.8, 4) is 0 Å². The summed E-state index contributed by atoms with van der Waals surface area (Å²) < 4.78 is 11.4. The van der Waals surface area contributed by atoms with Gasteiger partial charge in [0.25, 0.3) is 0 Å². The molecule has 0 aromatic rings. The summed E-state index contributed by atoms with van der Waals surface area (Å²) in [7, 11) is 6.48. The minimum Gasteiger partial charge on any atom is -0.379 e. The third-order valence-corrected chi connectivity index (χ3v) is 8.01. The predicted octanol–water partition coefficient (Wildman–Crippen LogP) is 0.752. The van der Waals surface area contributed by atoms with Gasteiger partial charge in [0.1, 0.15) is 0 Å². The Hall–Kier alpha value is -2.24. The molecule has 4 N–H and O–H groups in total. The molecule has 7 atom stereocenters. The van der Waals surface area contributed by atoms with E-state index in [4.69, 9.17) is 15.2 Å². The van der Waals surface area contributed by atoms with Gasteiger partial charge < -0.3 is 35.6 Å². The molecule has 1 saturated heterocycles. The largest absolute Gasteiger partial charge is 0.379 e. The Bertz CT molecular complexity index is 794. The van der Waals surface area contributed by atoms with Crippen molar-refractivity contribution in [1.29, 1.82) is 0 Å². The van der Waals surface area contributed by atoms with E-state index in [1.54, 1.807) is 37.9 Å². The lowest BCUT2D eigenvalue weighted by Gasteiger charge is -2.39. The van der Waals surface area contributed by atoms with Crippen LogP contribution in [-0.2, 0) is 28.7 Å². The molecule has 4 amide bonds. The lowest BCUT2D eigenvalue weighted by Crippen LogP contribution is -2.55. The van der Waals surface area contributed by atoms with Crippen molar-refractivity contribution < 1.29 is 28.7 Å². The summed E-state index contributed by atoms with van der Waals surface area (Å²) >= 11 is 0. The summed E-state index contributed by atoms with van der Waals surface area (Å²) in [4.78, 5) is 54.4. The topological polar surface area (TPSA) is 143 Å². The fourth-order valence-electron chi connectivity index (χ4n) is 5.50. The molecule has 7 unspecified atom stereocenters. The standard InChI is InChI=1S/C27H51N5O6/c1-10-17(4)24(31(7)22(34)15-30-27(36)23(29-6)16(2)3)20(37-8)14-21(33)32-13-11-12-19(32)25(38-9)18(5)26(28)35/h16-20,23-25,29H,10-15H2,1-9H3,(H2,28,35)(H,30,36). The molecule has 0 aromatic carbocycles. The molecule has 0 radical (unpaired) electrons. The van der Waals surface area contributed by atoms with Crippen molar-refractivity contribution in [2.75, 3.05) is 41.4 Å². The molecule has 0 aromatic heterocycles. The number of methoxy groups -OCH3 is 2. The van der Waals surface area contributed by atoms with Gasteiger partial charge in [-0.05, 0) is 31.7 Å². The second kappa shape index (κ2) is 16.0. The first kappa shape index (κ1) is 33.8. The molecule has 0 bridgehead atoms. The van der Waals surface area contributed by atoms with E-state index in [1.165, 1.54) is 7.11 Å². The lowest BCUT2D eigenvalue weighted by atomic mass is 9.90. The summed E-state index contributed by atoms with van der Waals surface area (Å²) in [6, 6.07) is -1.04. The third-order valence-electron chi connectivity index (χ3n) is 8.01. The minimum atomic E-state index is -0.557. The molecule has 1 aliphatic rings. The second-order valence-electron chi connectivity index (χ2n) is 10.8. The maximum atomic E-state index is 13.5. The highest BCUT2D eigenvalue weighted by Crippen LogP contribution is 2.29. The fraction of sp³-hybridized carbons (Fsp3) is 0.852. The van der Waals surface area contributed by atoms with E-state index in [9.17, 15) is 19.2 Å². The van der Waals surface area contributed by atoms with Gasteiger partial charge in [0.05, 0.1) is 49.2 Å². The van der Waals surface area contributed by atoms with Gasteiger partial charge in [0.2, 0.25) is 23.6 Å². The SMILES string of the molecule is CCC(C)C(C(CC(=O)N1CCCC1C(OC)C(C)C(N)=O)OC)N(C)C(=O)CNC(=O)C(NC)C(C)C. The Morgan fingerprint density at radius 2 is 1.74 bits per heavy atom. The van der Waals surface area contributed by atoms with Gasteiger partial charge in [0.15, 0.2) is 0 Å². The number of nitrogens with zero attached hydrogens (tertiary/aromatic N) is 2. The molecule has 0 saturated carbocycles. The van der Waals surface area contributed by atoms with E-state index in [-0.39, 0.29) is 54.6 Å². The molecule has 1 heterocycles. The van der Waals surface area contributed by atoms with Crippen LogP contribution in [0.4, 0.5) is 0 Å². The molecular formula is C27H51N5O6. The van der Waals surface area contributed by atoms with Gasteiger partial charge in [0, 0.05) is 27.8 Å². The second-order valence-corrected chi connectivity index (χ2v) is 10.8. The Labute approximate surface area is 228 Å². The van der Waals surface area contributed by atoms with E-state index < -0.39 is 30.1 Å². The number of amides is 4. The van der Waals surface area contributed by atoms with Crippen LogP contribution in [0, 0.1) is 17.8 Å². The fourth-order valence-corrected chi connectivity index (χ4v) is 5.50. The number of likely N-dealkylation sites (N-methyl/N-ethyl adjacent to an activating group) is 2. The van der Waals surface area contributed by atoms with Crippen LogP contribution in [-0.4, -0.2) is 105 Å². The number of nitrogens with one attached hydrogen (secondary N) is 2. The zero-order valence-electron chi connectivity index (χ0n) is 24.8. The van der Waals surface area contributed by atoms with Crippen LogP contribution in [0.3, 0.4) is 0 Å². The molecule has 38 heavy (non-hydrogen) atoms. The van der Waals surface area contributed by atoms with E-state index in [0.29, 0.717) is 6.54 Å². The number of carbonyl (C=O) groups is 4. The van der Waals surface area contributed by atoms with Crippen LogP contribution in [0.5, 0.6) is 0 Å². The maximum absolute atomic E-state index is 13.5. The predicted molar refractivity (Wildman–Crippen MR) is 146 cm³/mol. The minimum absolute atomic E-state index is 0.0362. The molecule has 11 nitrogen and oxygen atoms in total. The first-order chi connectivity index (χ1) is 17.9. The first-order valence-corrected chi connectivity index (χ1v) is 13.7. The van der Waals surface area contributed by atoms with Crippen molar-refractivity contribution in [3.63, 3.8) is 0 Å². The molecule has 1 rings (SSSR count). The van der Waals surface area contributed by atoms with E-state index >= 15 is 0 Å². The molecule has 1 aliphatic heterocycles. The number of carbonyl (C=O) groups excluding carboxylic acids is 4. The first-order valence-electron chi connectivity index (χ1n) is 13.7. The van der Waals surface area contributed by atoms with Crippen LogP contribution < -0.4 is 16.4 Å². The summed E-state index contributed by atoms with van der Waals surface area (Å²) in [5, 5.41) is 5.71. The molecule has 11 heteroatoms. The summed E-state index contributed by atoms with van der Waals surface area (Å²) in [6.45, 7) is 10.0. The Kier molecular flexibility index (Phi) is 14.2. The number of hydrogen-bond donors (Lipinski definition) is 3. The van der Waals surface area contributed by atoms with E-state index in [1.807, 2.05) is 27.7 Å². The number of ether oxygens (including phenoxy) is 2. The van der Waals surface area contributed by atoms with Crippen molar-refractivity contribution in [2.45, 2.75) is 90.6 Å². The highest BCUT2D eigenvalue weighted by atomic mass is 16.5. The van der Waals surface area contributed by atoms with Gasteiger partial charge in [-0.15, -0.1) is 0 Å².